The number of aryl methyl sites for hydroxylation is 1. The highest BCUT2D eigenvalue weighted by Gasteiger charge is 2.31. The van der Waals surface area contributed by atoms with Crippen LogP contribution in [0.25, 0.3) is 5.70 Å². The molecule has 0 radical (unpaired) electrons. The monoisotopic (exact) mass is 498 g/mol. The summed E-state index contributed by atoms with van der Waals surface area (Å²) in [5.41, 5.74) is 13.3. The topological polar surface area (TPSA) is 87.8 Å². The first-order valence-electron chi connectivity index (χ1n) is 12.0. The predicted octanol–water partition coefficient (Wildman–Crippen LogP) is 6.12. The summed E-state index contributed by atoms with van der Waals surface area (Å²) < 4.78 is 0. The summed E-state index contributed by atoms with van der Waals surface area (Å²) in [5, 5.41) is 9.86. The van der Waals surface area contributed by atoms with Crippen LogP contribution >= 0.6 is 11.6 Å². The molecule has 5 rings (SSSR count). The van der Waals surface area contributed by atoms with Crippen molar-refractivity contribution in [1.29, 1.82) is 0 Å². The lowest BCUT2D eigenvalue weighted by Gasteiger charge is -2.34. The number of fused-ring (bicyclic) bond motifs is 2. The van der Waals surface area contributed by atoms with Gasteiger partial charge in [0, 0.05) is 17.7 Å². The fourth-order valence-electron chi connectivity index (χ4n) is 4.70. The maximum absolute atomic E-state index is 12.9. The molecule has 2 amide bonds. The SMILES string of the molecule is CC(C)c1ccc(N2N=C(C(N)=O)CC3=C2c2cc(NC(=O)c4ccccc4Cl)ccc2CC3)cc1. The number of allylic oxidation sites excluding steroid dienone is 1. The highest BCUT2D eigenvalue weighted by atomic mass is 35.5. The van der Waals surface area contributed by atoms with E-state index in [-0.39, 0.29) is 5.91 Å². The van der Waals surface area contributed by atoms with Gasteiger partial charge >= 0.3 is 0 Å². The Morgan fingerprint density at radius 1 is 1.03 bits per heavy atom. The van der Waals surface area contributed by atoms with Crippen molar-refractivity contribution in [1.82, 2.24) is 0 Å². The third kappa shape index (κ3) is 4.52. The summed E-state index contributed by atoms with van der Waals surface area (Å²) in [4.78, 5) is 25.0. The van der Waals surface area contributed by atoms with E-state index in [1.165, 1.54) is 5.56 Å². The van der Waals surface area contributed by atoms with Crippen molar-refractivity contribution >= 4 is 46.2 Å². The average Bonchev–Trinajstić information content (AvgIpc) is 2.88. The standard InChI is InChI=1S/C29H27ClN4O2/c1-17(2)18-10-13-22(14-11-18)34-27-20(15-26(33-34)28(31)35)8-7-19-9-12-21(16-24(19)27)32-29(36)23-5-3-4-6-25(23)30/h3-6,9-14,16-17H,7-8,15H2,1-2H3,(H2,31,35)(H,32,36). The van der Waals surface area contributed by atoms with Gasteiger partial charge in [0.25, 0.3) is 11.8 Å². The van der Waals surface area contributed by atoms with Crippen LogP contribution in [-0.4, -0.2) is 17.5 Å². The van der Waals surface area contributed by atoms with Gasteiger partial charge in [0.1, 0.15) is 5.71 Å². The maximum Gasteiger partial charge on any atom is 0.265 e. The van der Waals surface area contributed by atoms with Gasteiger partial charge < -0.3 is 11.1 Å². The highest BCUT2D eigenvalue weighted by Crippen LogP contribution is 2.41. The number of halogens is 1. The summed E-state index contributed by atoms with van der Waals surface area (Å²) in [6, 6.07) is 21.1. The first kappa shape index (κ1) is 23.8. The minimum absolute atomic E-state index is 0.274. The van der Waals surface area contributed by atoms with E-state index in [0.29, 0.717) is 34.3 Å². The molecule has 1 heterocycles. The number of amides is 2. The van der Waals surface area contributed by atoms with Crippen LogP contribution in [0.1, 0.15) is 59.7 Å². The molecule has 6 nitrogen and oxygen atoms in total. The first-order chi connectivity index (χ1) is 17.3. The number of primary amides is 1. The van der Waals surface area contributed by atoms with Gasteiger partial charge in [-0.15, -0.1) is 0 Å². The summed E-state index contributed by atoms with van der Waals surface area (Å²) in [6.45, 7) is 4.30. The summed E-state index contributed by atoms with van der Waals surface area (Å²) in [7, 11) is 0. The summed E-state index contributed by atoms with van der Waals surface area (Å²) >= 11 is 6.22. The molecule has 36 heavy (non-hydrogen) atoms. The molecule has 0 unspecified atom stereocenters. The summed E-state index contributed by atoms with van der Waals surface area (Å²) in [6.07, 6.45) is 2.06. The Hall–Kier alpha value is -3.90. The molecular weight excluding hydrogens is 472 g/mol. The van der Waals surface area contributed by atoms with E-state index < -0.39 is 5.91 Å². The van der Waals surface area contributed by atoms with Crippen LogP contribution in [0.3, 0.4) is 0 Å². The number of nitrogens with one attached hydrogen (secondary N) is 1. The number of carbonyl (C=O) groups excluding carboxylic acids is 2. The van der Waals surface area contributed by atoms with Crippen LogP contribution in [-0.2, 0) is 11.2 Å². The van der Waals surface area contributed by atoms with Gasteiger partial charge in [0.2, 0.25) is 0 Å². The van der Waals surface area contributed by atoms with Crippen molar-refractivity contribution in [2.45, 2.75) is 39.0 Å². The Bertz CT molecular complexity index is 1420. The van der Waals surface area contributed by atoms with Gasteiger partial charge in [-0.3, -0.25) is 9.59 Å². The molecule has 0 atom stereocenters. The second-order valence-corrected chi connectivity index (χ2v) is 9.81. The Balaban J connectivity index is 1.55. The zero-order valence-electron chi connectivity index (χ0n) is 20.2. The molecule has 0 spiro atoms. The molecule has 3 N–H and O–H groups in total. The lowest BCUT2D eigenvalue weighted by Crippen LogP contribution is -2.33. The quantitative estimate of drug-likeness (QED) is 0.444. The van der Waals surface area contributed by atoms with E-state index in [1.54, 1.807) is 24.3 Å². The Morgan fingerprint density at radius 3 is 2.47 bits per heavy atom. The second-order valence-electron chi connectivity index (χ2n) is 9.40. The molecule has 0 fully saturated rings. The van der Waals surface area contributed by atoms with Crippen LogP contribution in [0.15, 0.2) is 77.4 Å². The van der Waals surface area contributed by atoms with Gasteiger partial charge in [-0.1, -0.05) is 55.8 Å². The zero-order chi connectivity index (χ0) is 25.4. The Kier molecular flexibility index (Phi) is 6.37. The third-order valence-corrected chi connectivity index (χ3v) is 7.00. The molecule has 0 bridgehead atoms. The number of hydrogen-bond acceptors (Lipinski definition) is 4. The molecule has 0 saturated carbocycles. The van der Waals surface area contributed by atoms with Crippen molar-refractivity contribution in [3.63, 3.8) is 0 Å². The van der Waals surface area contributed by atoms with E-state index in [4.69, 9.17) is 17.3 Å². The van der Waals surface area contributed by atoms with Crippen molar-refractivity contribution in [3.05, 3.63) is 99.6 Å². The number of anilines is 2. The van der Waals surface area contributed by atoms with Crippen LogP contribution in [0, 0.1) is 0 Å². The second kappa shape index (κ2) is 9.63. The fourth-order valence-corrected chi connectivity index (χ4v) is 4.92. The van der Waals surface area contributed by atoms with Gasteiger partial charge in [0.15, 0.2) is 0 Å². The number of nitrogens with two attached hydrogens (primary N) is 1. The molecule has 2 aliphatic rings. The number of carbonyl (C=O) groups is 2. The van der Waals surface area contributed by atoms with Crippen LogP contribution in [0.4, 0.5) is 11.4 Å². The number of hydrazone groups is 1. The smallest absolute Gasteiger partial charge is 0.265 e. The molecule has 7 heteroatoms. The fraction of sp³-hybridized carbons (Fsp3) is 0.207. The largest absolute Gasteiger partial charge is 0.364 e. The lowest BCUT2D eigenvalue weighted by atomic mass is 9.85. The maximum atomic E-state index is 12.9. The lowest BCUT2D eigenvalue weighted by molar-refractivity contribution is -0.112. The molecule has 182 valence electrons. The molecule has 3 aromatic rings. The first-order valence-corrected chi connectivity index (χ1v) is 12.4. The molecule has 0 saturated heterocycles. The van der Waals surface area contributed by atoms with E-state index in [1.807, 2.05) is 35.3 Å². The minimum atomic E-state index is -0.517. The average molecular weight is 499 g/mol. The van der Waals surface area contributed by atoms with Crippen LogP contribution in [0.2, 0.25) is 5.02 Å². The van der Waals surface area contributed by atoms with E-state index in [2.05, 4.69) is 36.4 Å². The van der Waals surface area contributed by atoms with Gasteiger partial charge in [-0.25, -0.2) is 5.01 Å². The number of hydrogen-bond donors (Lipinski definition) is 2. The third-order valence-electron chi connectivity index (χ3n) is 6.67. The number of nitrogens with zero attached hydrogens (tertiary/aromatic N) is 2. The van der Waals surface area contributed by atoms with Crippen LogP contribution < -0.4 is 16.1 Å². The highest BCUT2D eigenvalue weighted by molar-refractivity contribution is 6.39. The van der Waals surface area contributed by atoms with Gasteiger partial charge in [-0.2, -0.15) is 5.10 Å². The Labute approximate surface area is 215 Å². The Morgan fingerprint density at radius 2 is 1.78 bits per heavy atom. The predicted molar refractivity (Wildman–Crippen MR) is 145 cm³/mol. The van der Waals surface area contributed by atoms with Crippen LogP contribution in [0.5, 0.6) is 0 Å². The molecule has 1 aliphatic carbocycles. The molecule has 1 aliphatic heterocycles. The molecular formula is C29H27ClN4O2. The minimum Gasteiger partial charge on any atom is -0.364 e. The normalized spacial score (nSPS) is 14.8. The van der Waals surface area contributed by atoms with Crippen molar-refractivity contribution < 1.29 is 9.59 Å². The summed E-state index contributed by atoms with van der Waals surface area (Å²) in [5.74, 6) is -0.388. The molecule has 0 aromatic heterocycles. The zero-order valence-corrected chi connectivity index (χ0v) is 21.0. The molecule has 3 aromatic carbocycles. The number of rotatable bonds is 5. The van der Waals surface area contributed by atoms with Gasteiger partial charge in [-0.05, 0) is 71.9 Å². The van der Waals surface area contributed by atoms with Crippen molar-refractivity contribution in [2.24, 2.45) is 10.8 Å². The van der Waals surface area contributed by atoms with E-state index in [0.717, 1.165) is 40.9 Å². The van der Waals surface area contributed by atoms with Crippen molar-refractivity contribution in [3.8, 4) is 0 Å². The van der Waals surface area contributed by atoms with Gasteiger partial charge in [0.05, 0.1) is 22.0 Å². The van der Waals surface area contributed by atoms with E-state index >= 15 is 0 Å². The van der Waals surface area contributed by atoms with E-state index in [9.17, 15) is 9.59 Å². The van der Waals surface area contributed by atoms with Crippen molar-refractivity contribution in [2.75, 3.05) is 10.3 Å². The number of benzene rings is 3.